The summed E-state index contributed by atoms with van der Waals surface area (Å²) in [6.07, 6.45) is 16.5. The van der Waals surface area contributed by atoms with E-state index in [1.54, 1.807) is 0 Å². The van der Waals surface area contributed by atoms with Gasteiger partial charge in [-0.2, -0.15) is 0 Å². The lowest BCUT2D eigenvalue weighted by atomic mass is 9.91. The standard InChI is InChI=1S/C17H30O2/c1-2-15-17(18-14-10-7-11-14)12-16(19-15)13-8-5-3-4-6-9-13/h13-17H,2-12H2,1H3/t15?,16-,17-/m1/s1. The Balaban J connectivity index is 1.54. The maximum absolute atomic E-state index is 6.36. The first kappa shape index (κ1) is 13.9. The number of hydrogen-bond donors (Lipinski definition) is 0. The van der Waals surface area contributed by atoms with Crippen LogP contribution in [0.4, 0.5) is 0 Å². The van der Waals surface area contributed by atoms with E-state index in [9.17, 15) is 0 Å². The Morgan fingerprint density at radius 2 is 1.68 bits per heavy atom. The van der Waals surface area contributed by atoms with E-state index in [2.05, 4.69) is 6.92 Å². The van der Waals surface area contributed by atoms with Gasteiger partial charge >= 0.3 is 0 Å². The molecule has 3 atom stereocenters. The molecule has 3 rings (SSSR count). The van der Waals surface area contributed by atoms with Gasteiger partial charge in [-0.15, -0.1) is 0 Å². The van der Waals surface area contributed by atoms with Crippen molar-refractivity contribution in [2.75, 3.05) is 0 Å². The van der Waals surface area contributed by atoms with Crippen molar-refractivity contribution in [3.63, 3.8) is 0 Å². The molecular weight excluding hydrogens is 236 g/mol. The predicted octanol–water partition coefficient (Wildman–Crippen LogP) is 4.46. The molecule has 3 aliphatic rings. The maximum Gasteiger partial charge on any atom is 0.0865 e. The summed E-state index contributed by atoms with van der Waals surface area (Å²) >= 11 is 0. The topological polar surface area (TPSA) is 18.5 Å². The second kappa shape index (κ2) is 6.58. The van der Waals surface area contributed by atoms with Gasteiger partial charge in [-0.1, -0.05) is 32.6 Å². The summed E-state index contributed by atoms with van der Waals surface area (Å²) in [5.74, 6) is 0.812. The fraction of sp³-hybridized carbons (Fsp3) is 1.00. The molecule has 1 heterocycles. The van der Waals surface area contributed by atoms with Gasteiger partial charge in [-0.05, 0) is 44.4 Å². The fourth-order valence-electron chi connectivity index (χ4n) is 3.99. The minimum absolute atomic E-state index is 0.369. The summed E-state index contributed by atoms with van der Waals surface area (Å²) in [6.45, 7) is 2.25. The Kier molecular flexibility index (Phi) is 4.81. The first-order valence-electron chi connectivity index (χ1n) is 8.67. The molecule has 1 unspecified atom stereocenters. The summed E-state index contributed by atoms with van der Waals surface area (Å²) in [4.78, 5) is 0. The molecule has 19 heavy (non-hydrogen) atoms. The Morgan fingerprint density at radius 1 is 0.947 bits per heavy atom. The summed E-state index contributed by atoms with van der Waals surface area (Å²) in [5.41, 5.74) is 0. The molecule has 0 spiro atoms. The van der Waals surface area contributed by atoms with Gasteiger partial charge in [0, 0.05) is 6.42 Å². The van der Waals surface area contributed by atoms with Crippen molar-refractivity contribution in [3.05, 3.63) is 0 Å². The monoisotopic (exact) mass is 266 g/mol. The Bertz CT molecular complexity index is 266. The molecule has 1 saturated heterocycles. The highest BCUT2D eigenvalue weighted by atomic mass is 16.6. The second-order valence-corrected chi connectivity index (χ2v) is 6.84. The highest BCUT2D eigenvalue weighted by Crippen LogP contribution is 2.37. The minimum atomic E-state index is 0.369. The molecule has 3 fully saturated rings. The van der Waals surface area contributed by atoms with Crippen LogP contribution in [0.2, 0.25) is 0 Å². The molecule has 2 nitrogen and oxygen atoms in total. The average molecular weight is 266 g/mol. The zero-order valence-electron chi connectivity index (χ0n) is 12.5. The molecule has 0 aromatic rings. The Labute approximate surface area is 118 Å². The van der Waals surface area contributed by atoms with E-state index in [-0.39, 0.29) is 0 Å². The Hall–Kier alpha value is -0.0800. The van der Waals surface area contributed by atoms with Gasteiger partial charge in [-0.25, -0.2) is 0 Å². The van der Waals surface area contributed by atoms with Gasteiger partial charge in [0.15, 0.2) is 0 Å². The zero-order valence-corrected chi connectivity index (χ0v) is 12.5. The third-order valence-electron chi connectivity index (χ3n) is 5.48. The van der Waals surface area contributed by atoms with Gasteiger partial charge in [0.2, 0.25) is 0 Å². The molecule has 2 heteroatoms. The van der Waals surface area contributed by atoms with E-state index in [0.29, 0.717) is 24.4 Å². The van der Waals surface area contributed by atoms with Crippen LogP contribution >= 0.6 is 0 Å². The summed E-state index contributed by atoms with van der Waals surface area (Å²) < 4.78 is 12.6. The van der Waals surface area contributed by atoms with Gasteiger partial charge in [-0.3, -0.25) is 0 Å². The molecule has 2 aliphatic carbocycles. The number of rotatable bonds is 4. The Morgan fingerprint density at radius 3 is 2.26 bits per heavy atom. The fourth-order valence-corrected chi connectivity index (χ4v) is 3.99. The van der Waals surface area contributed by atoms with Crippen LogP contribution in [0, 0.1) is 5.92 Å². The van der Waals surface area contributed by atoms with Crippen molar-refractivity contribution in [2.24, 2.45) is 5.92 Å². The first-order valence-corrected chi connectivity index (χ1v) is 8.67. The predicted molar refractivity (Wildman–Crippen MR) is 77.3 cm³/mol. The molecule has 0 radical (unpaired) electrons. The molecule has 0 amide bonds. The lowest BCUT2D eigenvalue weighted by Gasteiger charge is -2.30. The van der Waals surface area contributed by atoms with Gasteiger partial charge < -0.3 is 9.47 Å². The largest absolute Gasteiger partial charge is 0.372 e. The highest BCUT2D eigenvalue weighted by Gasteiger charge is 2.40. The SMILES string of the molecule is CCC1O[C@@H](C2CCCCCC2)C[C@H]1OC1CCC1. The van der Waals surface area contributed by atoms with Crippen molar-refractivity contribution in [1.82, 2.24) is 0 Å². The van der Waals surface area contributed by atoms with E-state index >= 15 is 0 Å². The van der Waals surface area contributed by atoms with Crippen molar-refractivity contribution >= 4 is 0 Å². The van der Waals surface area contributed by atoms with Gasteiger partial charge in [0.1, 0.15) is 0 Å². The first-order chi connectivity index (χ1) is 9.36. The van der Waals surface area contributed by atoms with Crippen molar-refractivity contribution in [2.45, 2.75) is 102 Å². The van der Waals surface area contributed by atoms with Crippen LogP contribution in [-0.4, -0.2) is 24.4 Å². The molecule has 0 aromatic heterocycles. The zero-order chi connectivity index (χ0) is 13.1. The summed E-state index contributed by atoms with van der Waals surface area (Å²) in [7, 11) is 0. The summed E-state index contributed by atoms with van der Waals surface area (Å²) in [5, 5.41) is 0. The highest BCUT2D eigenvalue weighted by molar-refractivity contribution is 4.88. The molecule has 0 aromatic carbocycles. The normalized spacial score (nSPS) is 38.1. The van der Waals surface area contributed by atoms with Crippen LogP contribution in [0.15, 0.2) is 0 Å². The van der Waals surface area contributed by atoms with E-state index in [1.165, 1.54) is 64.2 Å². The van der Waals surface area contributed by atoms with Gasteiger partial charge in [0.25, 0.3) is 0 Å². The van der Waals surface area contributed by atoms with E-state index in [0.717, 1.165) is 12.3 Å². The smallest absolute Gasteiger partial charge is 0.0865 e. The van der Waals surface area contributed by atoms with E-state index in [4.69, 9.17) is 9.47 Å². The van der Waals surface area contributed by atoms with Crippen LogP contribution in [-0.2, 0) is 9.47 Å². The number of ether oxygens (including phenoxy) is 2. The van der Waals surface area contributed by atoms with Crippen LogP contribution in [0.25, 0.3) is 0 Å². The van der Waals surface area contributed by atoms with Crippen LogP contribution in [0.1, 0.15) is 77.6 Å². The third-order valence-corrected chi connectivity index (χ3v) is 5.48. The molecule has 110 valence electrons. The number of hydrogen-bond acceptors (Lipinski definition) is 2. The van der Waals surface area contributed by atoms with Crippen LogP contribution in [0.5, 0.6) is 0 Å². The quantitative estimate of drug-likeness (QED) is 0.699. The molecule has 0 N–H and O–H groups in total. The third kappa shape index (κ3) is 3.33. The van der Waals surface area contributed by atoms with Crippen LogP contribution < -0.4 is 0 Å². The lowest BCUT2D eigenvalue weighted by molar-refractivity contribution is -0.0852. The molecular formula is C17H30O2. The van der Waals surface area contributed by atoms with Gasteiger partial charge in [0.05, 0.1) is 24.4 Å². The molecule has 1 aliphatic heterocycles. The molecule has 2 saturated carbocycles. The lowest BCUT2D eigenvalue weighted by Crippen LogP contribution is -2.32. The van der Waals surface area contributed by atoms with Crippen molar-refractivity contribution in [1.29, 1.82) is 0 Å². The maximum atomic E-state index is 6.36. The van der Waals surface area contributed by atoms with Crippen LogP contribution in [0.3, 0.4) is 0 Å². The summed E-state index contributed by atoms with van der Waals surface area (Å²) in [6, 6.07) is 0. The van der Waals surface area contributed by atoms with E-state index < -0.39 is 0 Å². The van der Waals surface area contributed by atoms with E-state index in [1.807, 2.05) is 0 Å². The second-order valence-electron chi connectivity index (χ2n) is 6.84. The molecule has 0 bridgehead atoms. The average Bonchev–Trinajstić information content (AvgIpc) is 2.59. The van der Waals surface area contributed by atoms with Crippen molar-refractivity contribution < 1.29 is 9.47 Å². The minimum Gasteiger partial charge on any atom is -0.372 e. The van der Waals surface area contributed by atoms with Crippen molar-refractivity contribution in [3.8, 4) is 0 Å².